The van der Waals surface area contributed by atoms with Gasteiger partial charge in [0, 0.05) is 43.8 Å². The standard InChI is InChI=1S/C29H52F2N6O4/c1-8-9-21(4)14-23(6)37(33)25(18-41-19-26(30)31)27(32)29(39)36(17-20(2)3)24(16-34-7)15-22(5)28(38)35-10-12-40-13-11-35/h8-9,20-22,24,26,34H,6,10-19,32-33H2,1-5,7H3/b9-8-,27-25-. The van der Waals surface area contributed by atoms with Crippen LogP contribution in [0, 0.1) is 17.8 Å². The Morgan fingerprint density at radius 3 is 2.37 bits per heavy atom. The number of rotatable bonds is 18. The summed E-state index contributed by atoms with van der Waals surface area (Å²) in [5, 5.41) is 4.30. The molecular formula is C29H52F2N6O4. The lowest BCUT2D eigenvalue weighted by molar-refractivity contribution is -0.141. The van der Waals surface area contributed by atoms with Crippen LogP contribution in [-0.4, -0.2) is 98.7 Å². The molecule has 236 valence electrons. The van der Waals surface area contributed by atoms with Crippen LogP contribution >= 0.6 is 0 Å². The molecule has 0 spiro atoms. The number of carbonyl (C=O) groups is 2. The van der Waals surface area contributed by atoms with Crippen LogP contribution in [0.3, 0.4) is 0 Å². The average molecular weight is 587 g/mol. The summed E-state index contributed by atoms with van der Waals surface area (Å²) < 4.78 is 36.3. The highest BCUT2D eigenvalue weighted by Gasteiger charge is 2.32. The molecule has 10 nitrogen and oxygen atoms in total. The third kappa shape index (κ3) is 12.5. The van der Waals surface area contributed by atoms with Crippen LogP contribution in [0.15, 0.2) is 35.8 Å². The Morgan fingerprint density at radius 1 is 1.20 bits per heavy atom. The minimum Gasteiger partial charge on any atom is -0.393 e. The van der Waals surface area contributed by atoms with Crippen LogP contribution in [-0.2, 0) is 19.1 Å². The van der Waals surface area contributed by atoms with Gasteiger partial charge in [0.05, 0.1) is 25.5 Å². The first-order valence-corrected chi connectivity index (χ1v) is 14.4. The summed E-state index contributed by atoms with van der Waals surface area (Å²) in [6, 6.07) is -0.374. The lowest BCUT2D eigenvalue weighted by Crippen LogP contribution is -2.51. The van der Waals surface area contributed by atoms with E-state index in [9.17, 15) is 18.4 Å². The third-order valence-corrected chi connectivity index (χ3v) is 6.81. The topological polar surface area (TPSA) is 126 Å². The molecule has 12 heteroatoms. The summed E-state index contributed by atoms with van der Waals surface area (Å²) in [4.78, 5) is 30.6. The maximum Gasteiger partial charge on any atom is 0.271 e. The van der Waals surface area contributed by atoms with Crippen molar-refractivity contribution in [2.75, 3.05) is 59.7 Å². The molecule has 0 radical (unpaired) electrons. The van der Waals surface area contributed by atoms with E-state index in [1.165, 1.54) is 5.01 Å². The second kappa shape index (κ2) is 18.8. The van der Waals surface area contributed by atoms with Gasteiger partial charge in [0.25, 0.3) is 12.3 Å². The molecule has 1 aliphatic heterocycles. The second-order valence-corrected chi connectivity index (χ2v) is 11.0. The predicted octanol–water partition coefficient (Wildman–Crippen LogP) is 2.69. The monoisotopic (exact) mass is 586 g/mol. The van der Waals surface area contributed by atoms with Gasteiger partial charge >= 0.3 is 0 Å². The Bertz CT molecular complexity index is 893. The molecule has 0 aliphatic carbocycles. The quantitative estimate of drug-likeness (QED) is 0.0969. The van der Waals surface area contributed by atoms with Gasteiger partial charge in [-0.3, -0.25) is 14.6 Å². The summed E-state index contributed by atoms with van der Waals surface area (Å²) in [5.41, 5.74) is 6.76. The van der Waals surface area contributed by atoms with Gasteiger partial charge in [-0.1, -0.05) is 46.4 Å². The summed E-state index contributed by atoms with van der Waals surface area (Å²) in [5.74, 6) is 5.69. The fourth-order valence-corrected chi connectivity index (χ4v) is 4.81. The van der Waals surface area contributed by atoms with Crippen LogP contribution in [0.4, 0.5) is 8.78 Å². The number of nitrogens with two attached hydrogens (primary N) is 2. The van der Waals surface area contributed by atoms with E-state index >= 15 is 0 Å². The van der Waals surface area contributed by atoms with E-state index < -0.39 is 25.5 Å². The number of hydrazine groups is 1. The second-order valence-electron chi connectivity index (χ2n) is 11.0. The summed E-state index contributed by atoms with van der Waals surface area (Å²) in [7, 11) is 1.78. The largest absolute Gasteiger partial charge is 0.393 e. The van der Waals surface area contributed by atoms with Gasteiger partial charge in [-0.25, -0.2) is 14.6 Å². The Kier molecular flexibility index (Phi) is 16.7. The lowest BCUT2D eigenvalue weighted by Gasteiger charge is -2.37. The van der Waals surface area contributed by atoms with Crippen molar-refractivity contribution in [3.05, 3.63) is 35.8 Å². The van der Waals surface area contributed by atoms with Crippen LogP contribution < -0.4 is 16.9 Å². The first-order chi connectivity index (χ1) is 19.3. The third-order valence-electron chi connectivity index (χ3n) is 6.81. The number of nitrogens with zero attached hydrogens (tertiary/aromatic N) is 3. The zero-order chi connectivity index (χ0) is 31.1. The van der Waals surface area contributed by atoms with Crippen LogP contribution in [0.5, 0.6) is 0 Å². The highest BCUT2D eigenvalue weighted by molar-refractivity contribution is 5.93. The van der Waals surface area contributed by atoms with Gasteiger partial charge in [0.1, 0.15) is 12.3 Å². The Hall–Kier alpha value is -2.54. The molecule has 0 aromatic rings. The number of likely N-dealkylation sites (N-methyl/N-ethyl adjacent to an activating group) is 1. The normalized spacial score (nSPS) is 17.0. The number of morpholine rings is 1. The van der Waals surface area contributed by atoms with Crippen molar-refractivity contribution < 1.29 is 27.8 Å². The number of hydrogen-bond donors (Lipinski definition) is 3. The molecule has 0 bridgehead atoms. The molecule has 1 fully saturated rings. The SMILES string of the molecule is C=C(CC(C)/C=C\C)N(N)/C(COCC(F)F)=C(\N)C(=O)N(CC(C)C)C(CNC)CC(C)C(=O)N1CCOCC1. The molecule has 1 rings (SSSR count). The number of allylic oxidation sites excluding steroid dienone is 3. The molecule has 3 atom stereocenters. The minimum absolute atomic E-state index is 0.00984. The maximum atomic E-state index is 14.0. The summed E-state index contributed by atoms with van der Waals surface area (Å²) >= 11 is 0. The number of ether oxygens (including phenoxy) is 2. The van der Waals surface area contributed by atoms with E-state index in [4.69, 9.17) is 21.1 Å². The zero-order valence-corrected chi connectivity index (χ0v) is 25.7. The number of amides is 2. The Labute approximate surface area is 244 Å². The summed E-state index contributed by atoms with van der Waals surface area (Å²) in [6.07, 6.45) is 2.06. The smallest absolute Gasteiger partial charge is 0.271 e. The van der Waals surface area contributed by atoms with E-state index in [2.05, 4.69) is 11.9 Å². The zero-order valence-electron chi connectivity index (χ0n) is 25.7. The molecule has 41 heavy (non-hydrogen) atoms. The van der Waals surface area contributed by atoms with E-state index in [-0.39, 0.29) is 41.1 Å². The van der Waals surface area contributed by atoms with E-state index in [0.29, 0.717) is 57.9 Å². The summed E-state index contributed by atoms with van der Waals surface area (Å²) in [6.45, 7) is 15.4. The van der Waals surface area contributed by atoms with E-state index in [0.717, 1.165) is 0 Å². The minimum atomic E-state index is -2.69. The Balaban J connectivity index is 3.36. The van der Waals surface area contributed by atoms with Crippen LogP contribution in [0.25, 0.3) is 0 Å². The molecule has 0 aromatic carbocycles. The lowest BCUT2D eigenvalue weighted by atomic mass is 9.97. The molecular weight excluding hydrogens is 534 g/mol. The molecule has 3 unspecified atom stereocenters. The van der Waals surface area contributed by atoms with Crippen molar-refractivity contribution in [3.63, 3.8) is 0 Å². The van der Waals surface area contributed by atoms with Crippen LogP contribution in [0.1, 0.15) is 47.5 Å². The van der Waals surface area contributed by atoms with Gasteiger partial charge in [-0.05, 0) is 38.6 Å². The number of carbonyl (C=O) groups excluding carboxylic acids is 2. The van der Waals surface area contributed by atoms with Gasteiger partial charge < -0.3 is 30.3 Å². The van der Waals surface area contributed by atoms with Gasteiger partial charge in [0.2, 0.25) is 5.91 Å². The predicted molar refractivity (Wildman–Crippen MR) is 157 cm³/mol. The molecule has 5 N–H and O–H groups in total. The van der Waals surface area contributed by atoms with Crippen molar-refractivity contribution >= 4 is 11.8 Å². The van der Waals surface area contributed by atoms with Gasteiger partial charge in [-0.15, -0.1) is 0 Å². The number of nitrogens with one attached hydrogen (secondary N) is 1. The maximum absolute atomic E-state index is 14.0. The van der Waals surface area contributed by atoms with E-state index in [1.54, 1.807) is 16.8 Å². The first-order valence-electron chi connectivity index (χ1n) is 14.4. The number of halogens is 2. The molecule has 1 saturated heterocycles. The van der Waals surface area contributed by atoms with Crippen molar-refractivity contribution in [1.82, 2.24) is 20.1 Å². The first kappa shape index (κ1) is 36.5. The molecule has 0 aromatic heterocycles. The van der Waals surface area contributed by atoms with Crippen molar-refractivity contribution in [2.24, 2.45) is 29.3 Å². The fraction of sp³-hybridized carbons (Fsp3) is 0.724. The Morgan fingerprint density at radius 2 is 1.83 bits per heavy atom. The molecule has 2 amide bonds. The van der Waals surface area contributed by atoms with Gasteiger partial charge in [-0.2, -0.15) is 0 Å². The highest BCUT2D eigenvalue weighted by Crippen LogP contribution is 2.22. The van der Waals surface area contributed by atoms with Crippen molar-refractivity contribution in [1.29, 1.82) is 0 Å². The molecule has 0 saturated carbocycles. The van der Waals surface area contributed by atoms with Gasteiger partial charge in [0.15, 0.2) is 0 Å². The fourth-order valence-electron chi connectivity index (χ4n) is 4.81. The number of alkyl halides is 2. The molecule has 1 aliphatic rings. The molecule has 1 heterocycles. The van der Waals surface area contributed by atoms with E-state index in [1.807, 2.05) is 46.8 Å². The highest BCUT2D eigenvalue weighted by atomic mass is 19.3. The number of hydrogen-bond acceptors (Lipinski definition) is 8. The average Bonchev–Trinajstić information content (AvgIpc) is 2.92. The van der Waals surface area contributed by atoms with Crippen molar-refractivity contribution in [2.45, 2.75) is 59.9 Å². The van der Waals surface area contributed by atoms with Crippen LogP contribution in [0.2, 0.25) is 0 Å². The van der Waals surface area contributed by atoms with Crippen molar-refractivity contribution in [3.8, 4) is 0 Å².